The lowest BCUT2D eigenvalue weighted by Crippen LogP contribution is -2.26. The van der Waals surface area contributed by atoms with E-state index >= 15 is 0 Å². The van der Waals surface area contributed by atoms with Gasteiger partial charge in [0.15, 0.2) is 11.5 Å². The number of aromatic nitrogens is 4. The summed E-state index contributed by atoms with van der Waals surface area (Å²) in [7, 11) is 0. The maximum absolute atomic E-state index is 5.50. The molecule has 0 amide bonds. The molecule has 1 aromatic carbocycles. The highest BCUT2D eigenvalue weighted by Crippen LogP contribution is 2.32. The lowest BCUT2D eigenvalue weighted by atomic mass is 10.2. The largest absolute Gasteiger partial charge is 0.454 e. The first kappa shape index (κ1) is 16.3. The van der Waals surface area contributed by atoms with Crippen molar-refractivity contribution in [2.24, 2.45) is 0 Å². The zero-order valence-electron chi connectivity index (χ0n) is 15.0. The molecule has 0 bridgehead atoms. The number of fused-ring (bicyclic) bond motifs is 2. The Morgan fingerprint density at radius 3 is 2.85 bits per heavy atom. The molecule has 7 heteroatoms. The first-order valence-corrected chi connectivity index (χ1v) is 9.26. The van der Waals surface area contributed by atoms with Crippen molar-refractivity contribution in [1.29, 1.82) is 0 Å². The second-order valence-electron chi connectivity index (χ2n) is 6.94. The Bertz CT molecular complexity index is 941. The van der Waals surface area contributed by atoms with E-state index in [1.165, 1.54) is 5.56 Å². The number of nitrogens with zero attached hydrogens (tertiary/aromatic N) is 5. The quantitative estimate of drug-likeness (QED) is 0.707. The summed E-state index contributed by atoms with van der Waals surface area (Å²) in [6.07, 6.45) is 5.36. The molecule has 0 spiro atoms. The molecular formula is C20H21N5O2. The van der Waals surface area contributed by atoms with Gasteiger partial charge in [-0.05, 0) is 29.3 Å². The third kappa shape index (κ3) is 3.38. The lowest BCUT2D eigenvalue weighted by Gasteiger charge is -2.19. The molecule has 0 unspecified atom stereocenters. The second-order valence-corrected chi connectivity index (χ2v) is 6.94. The summed E-state index contributed by atoms with van der Waals surface area (Å²) in [6.45, 7) is 4.06. The van der Waals surface area contributed by atoms with E-state index in [0.29, 0.717) is 6.79 Å². The summed E-state index contributed by atoms with van der Waals surface area (Å²) in [6, 6.07) is 10.2. The molecule has 0 saturated carbocycles. The monoisotopic (exact) mass is 363 g/mol. The van der Waals surface area contributed by atoms with Gasteiger partial charge in [-0.2, -0.15) is 0 Å². The maximum Gasteiger partial charge on any atom is 0.231 e. The Morgan fingerprint density at radius 2 is 1.93 bits per heavy atom. The van der Waals surface area contributed by atoms with Crippen LogP contribution in [0.1, 0.15) is 22.8 Å². The van der Waals surface area contributed by atoms with E-state index in [9.17, 15) is 0 Å². The molecule has 2 aromatic heterocycles. The third-order valence-electron chi connectivity index (χ3n) is 5.12. The van der Waals surface area contributed by atoms with Crippen molar-refractivity contribution in [2.45, 2.75) is 25.9 Å². The van der Waals surface area contributed by atoms with Gasteiger partial charge in [-0.25, -0.2) is 0 Å². The molecule has 5 rings (SSSR count). The summed E-state index contributed by atoms with van der Waals surface area (Å²) in [5.74, 6) is 3.77. The molecular weight excluding hydrogens is 342 g/mol. The van der Waals surface area contributed by atoms with Gasteiger partial charge in [-0.15, -0.1) is 10.2 Å². The predicted molar refractivity (Wildman–Crippen MR) is 98.6 cm³/mol. The minimum atomic E-state index is 0.316. The van der Waals surface area contributed by atoms with Gasteiger partial charge >= 0.3 is 0 Å². The zero-order chi connectivity index (χ0) is 18.1. The van der Waals surface area contributed by atoms with E-state index < -0.39 is 0 Å². The Labute approximate surface area is 157 Å². The van der Waals surface area contributed by atoms with Gasteiger partial charge in [0.1, 0.15) is 11.6 Å². The van der Waals surface area contributed by atoms with Crippen molar-refractivity contribution < 1.29 is 9.47 Å². The van der Waals surface area contributed by atoms with Gasteiger partial charge in [0.25, 0.3) is 0 Å². The van der Waals surface area contributed by atoms with Gasteiger partial charge in [0, 0.05) is 51.4 Å². The number of hydrogen-bond donors (Lipinski definition) is 0. The predicted octanol–water partition coefficient (Wildman–Crippen LogP) is 2.05. The lowest BCUT2D eigenvalue weighted by molar-refractivity contribution is 0.174. The van der Waals surface area contributed by atoms with Crippen LogP contribution in [0.25, 0.3) is 0 Å². The van der Waals surface area contributed by atoms with E-state index in [1.54, 1.807) is 6.20 Å². The first-order valence-electron chi connectivity index (χ1n) is 9.26. The normalized spacial score (nSPS) is 16.1. The Morgan fingerprint density at radius 1 is 0.963 bits per heavy atom. The molecule has 2 aliphatic rings. The second kappa shape index (κ2) is 7.00. The van der Waals surface area contributed by atoms with Gasteiger partial charge in [0.05, 0.1) is 0 Å². The fourth-order valence-electron chi connectivity index (χ4n) is 3.70. The number of hydrogen-bond acceptors (Lipinski definition) is 6. The average Bonchev–Trinajstić information content (AvgIpc) is 3.26. The van der Waals surface area contributed by atoms with Crippen LogP contribution in [-0.2, 0) is 25.9 Å². The number of pyridine rings is 1. The van der Waals surface area contributed by atoms with Crippen LogP contribution < -0.4 is 9.47 Å². The van der Waals surface area contributed by atoms with Crippen LogP contribution in [0.5, 0.6) is 11.5 Å². The molecule has 4 heterocycles. The van der Waals surface area contributed by atoms with E-state index in [2.05, 4.69) is 42.8 Å². The van der Waals surface area contributed by atoms with Crippen LogP contribution in [0.4, 0.5) is 0 Å². The Balaban J connectivity index is 1.27. The van der Waals surface area contributed by atoms with Crippen LogP contribution >= 0.6 is 0 Å². The van der Waals surface area contributed by atoms with Gasteiger partial charge in [-0.3, -0.25) is 9.88 Å². The highest BCUT2D eigenvalue weighted by atomic mass is 16.7. The van der Waals surface area contributed by atoms with Crippen LogP contribution in [0.3, 0.4) is 0 Å². The van der Waals surface area contributed by atoms with Crippen LogP contribution in [0.2, 0.25) is 0 Å². The fourth-order valence-corrected chi connectivity index (χ4v) is 3.70. The third-order valence-corrected chi connectivity index (χ3v) is 5.12. The summed E-state index contributed by atoms with van der Waals surface area (Å²) in [4.78, 5) is 6.65. The SMILES string of the molecule is c1cncc(Cc2nnc3n2CCN(Cc2ccc4c(c2)OCO4)CC3)c1. The minimum Gasteiger partial charge on any atom is -0.454 e. The number of rotatable bonds is 4. The number of benzene rings is 1. The first-order chi connectivity index (χ1) is 13.3. The highest BCUT2D eigenvalue weighted by Gasteiger charge is 2.20. The molecule has 27 heavy (non-hydrogen) atoms. The summed E-state index contributed by atoms with van der Waals surface area (Å²) in [5.41, 5.74) is 2.40. The average molecular weight is 363 g/mol. The van der Waals surface area contributed by atoms with Crippen molar-refractivity contribution >= 4 is 0 Å². The molecule has 138 valence electrons. The van der Waals surface area contributed by atoms with Gasteiger partial charge in [0.2, 0.25) is 6.79 Å². The van der Waals surface area contributed by atoms with Crippen molar-refractivity contribution in [2.75, 3.05) is 19.9 Å². The highest BCUT2D eigenvalue weighted by molar-refractivity contribution is 5.44. The van der Waals surface area contributed by atoms with Gasteiger partial charge in [-0.1, -0.05) is 12.1 Å². The standard InChI is InChI=1S/C20H21N5O2/c1-2-15(12-21-6-1)11-20-23-22-19-5-7-24(8-9-25(19)20)13-16-3-4-17-18(10-16)27-14-26-17/h1-4,6,10,12H,5,7-9,11,13-14H2. The van der Waals surface area contributed by atoms with E-state index in [1.807, 2.05) is 18.3 Å². The molecule has 0 radical (unpaired) electrons. The Hall–Kier alpha value is -2.93. The van der Waals surface area contributed by atoms with Crippen LogP contribution in [0, 0.1) is 0 Å². The molecule has 0 saturated heterocycles. The Kier molecular flexibility index (Phi) is 4.21. The summed E-state index contributed by atoms with van der Waals surface area (Å²) >= 11 is 0. The van der Waals surface area contributed by atoms with Crippen molar-refractivity contribution in [3.8, 4) is 11.5 Å². The summed E-state index contributed by atoms with van der Waals surface area (Å²) < 4.78 is 13.2. The molecule has 0 aliphatic carbocycles. The number of ether oxygens (including phenoxy) is 2. The van der Waals surface area contributed by atoms with Crippen molar-refractivity contribution in [1.82, 2.24) is 24.6 Å². The molecule has 0 atom stereocenters. The smallest absolute Gasteiger partial charge is 0.231 e. The minimum absolute atomic E-state index is 0.316. The van der Waals surface area contributed by atoms with E-state index in [-0.39, 0.29) is 0 Å². The maximum atomic E-state index is 5.50. The fraction of sp³-hybridized carbons (Fsp3) is 0.350. The molecule has 2 aliphatic heterocycles. The molecule has 0 N–H and O–H groups in total. The molecule has 7 nitrogen and oxygen atoms in total. The zero-order valence-corrected chi connectivity index (χ0v) is 15.0. The molecule has 3 aromatic rings. The van der Waals surface area contributed by atoms with E-state index in [4.69, 9.17) is 9.47 Å². The summed E-state index contributed by atoms with van der Waals surface area (Å²) in [5, 5.41) is 8.85. The molecule has 0 fully saturated rings. The van der Waals surface area contributed by atoms with Crippen LogP contribution in [0.15, 0.2) is 42.7 Å². The van der Waals surface area contributed by atoms with E-state index in [0.717, 1.165) is 67.7 Å². The topological polar surface area (TPSA) is 65.3 Å². The van der Waals surface area contributed by atoms with Crippen LogP contribution in [-0.4, -0.2) is 44.5 Å². The van der Waals surface area contributed by atoms with Crippen molar-refractivity contribution in [3.05, 3.63) is 65.5 Å². The van der Waals surface area contributed by atoms with Crippen molar-refractivity contribution in [3.63, 3.8) is 0 Å². The van der Waals surface area contributed by atoms with Gasteiger partial charge < -0.3 is 14.0 Å².